The van der Waals surface area contributed by atoms with Gasteiger partial charge in [-0.15, -0.1) is 10.2 Å². The number of nitrogens with zero attached hydrogens (tertiary/aromatic N) is 6. The molecule has 32 heavy (non-hydrogen) atoms. The van der Waals surface area contributed by atoms with Crippen LogP contribution in [0.5, 0.6) is 0 Å². The maximum atomic E-state index is 13.4. The Morgan fingerprint density at radius 2 is 1.97 bits per heavy atom. The number of halogens is 1. The van der Waals surface area contributed by atoms with Gasteiger partial charge in [-0.3, -0.25) is 0 Å². The molecule has 12 heteroatoms. The zero-order valence-electron chi connectivity index (χ0n) is 18.0. The van der Waals surface area contributed by atoms with Crippen molar-refractivity contribution in [3.8, 4) is 0 Å². The van der Waals surface area contributed by atoms with Crippen molar-refractivity contribution in [2.45, 2.75) is 56.1 Å². The molecule has 3 aromatic heterocycles. The third-order valence-corrected chi connectivity index (χ3v) is 8.41. The molecule has 0 N–H and O–H groups in total. The van der Waals surface area contributed by atoms with E-state index in [-0.39, 0.29) is 17.7 Å². The highest BCUT2D eigenvalue weighted by Crippen LogP contribution is 2.31. The van der Waals surface area contributed by atoms with Gasteiger partial charge in [-0.05, 0) is 20.3 Å². The van der Waals surface area contributed by atoms with E-state index >= 15 is 0 Å². The summed E-state index contributed by atoms with van der Waals surface area (Å²) < 4.78 is 39.1. The molecule has 1 saturated heterocycles. The minimum atomic E-state index is -3.62. The maximum absolute atomic E-state index is 13.4. The summed E-state index contributed by atoms with van der Waals surface area (Å²) in [6.07, 6.45) is 5.22. The minimum absolute atomic E-state index is 0.0483. The number of rotatable bonds is 8. The largest absolute Gasteiger partial charge is 0.381 e. The normalized spacial score (nSPS) is 19.7. The lowest BCUT2D eigenvalue weighted by atomic mass is 10.1. The molecule has 0 aromatic carbocycles. The zero-order valence-corrected chi connectivity index (χ0v) is 19.6. The van der Waals surface area contributed by atoms with Crippen molar-refractivity contribution >= 4 is 21.4 Å². The van der Waals surface area contributed by atoms with Crippen LogP contribution in [0.2, 0.25) is 5.02 Å². The van der Waals surface area contributed by atoms with Crippen LogP contribution in [0.1, 0.15) is 68.2 Å². The van der Waals surface area contributed by atoms with E-state index in [9.17, 15) is 8.42 Å². The van der Waals surface area contributed by atoms with E-state index in [2.05, 4.69) is 25.3 Å². The monoisotopic (exact) mass is 480 g/mol. The Hall–Kier alpha value is -2.37. The van der Waals surface area contributed by atoms with Crippen LogP contribution < -0.4 is 0 Å². The Balaban J connectivity index is 1.64. The molecule has 172 valence electrons. The van der Waals surface area contributed by atoms with Crippen LogP contribution in [0.4, 0.5) is 0 Å². The fraction of sp³-hybridized carbons (Fsp3) is 0.550. The van der Waals surface area contributed by atoms with Gasteiger partial charge >= 0.3 is 0 Å². The van der Waals surface area contributed by atoms with E-state index in [0.29, 0.717) is 41.4 Å². The number of aromatic nitrogens is 6. The number of hydrogen-bond acceptors (Lipinski definition) is 9. The van der Waals surface area contributed by atoms with Crippen LogP contribution in [-0.4, -0.2) is 56.8 Å². The first-order valence-electron chi connectivity index (χ1n) is 10.4. The Morgan fingerprint density at radius 3 is 2.59 bits per heavy atom. The van der Waals surface area contributed by atoms with Crippen LogP contribution in [0.3, 0.4) is 0 Å². The maximum Gasteiger partial charge on any atom is 0.160 e. The lowest BCUT2D eigenvalue weighted by Gasteiger charge is -2.21. The van der Waals surface area contributed by atoms with Crippen molar-refractivity contribution in [1.82, 2.24) is 29.9 Å². The summed E-state index contributed by atoms with van der Waals surface area (Å²) in [4.78, 5) is 8.37. The molecule has 0 saturated carbocycles. The first kappa shape index (κ1) is 22.8. The fourth-order valence-corrected chi connectivity index (χ4v) is 5.49. The Labute approximate surface area is 191 Å². The van der Waals surface area contributed by atoms with Crippen molar-refractivity contribution in [2.75, 3.05) is 13.2 Å². The van der Waals surface area contributed by atoms with Crippen molar-refractivity contribution in [3.05, 3.63) is 52.9 Å². The van der Waals surface area contributed by atoms with Gasteiger partial charge in [0.2, 0.25) is 0 Å². The molecule has 4 rings (SSSR count). The first-order chi connectivity index (χ1) is 15.3. The summed E-state index contributed by atoms with van der Waals surface area (Å²) in [7, 11) is -3.62. The lowest BCUT2D eigenvalue weighted by Crippen LogP contribution is -2.28. The van der Waals surface area contributed by atoms with Gasteiger partial charge in [0.15, 0.2) is 9.84 Å². The summed E-state index contributed by atoms with van der Waals surface area (Å²) in [5.41, 5.74) is 0.666. The first-order valence-corrected chi connectivity index (χ1v) is 12.5. The second-order valence-corrected chi connectivity index (χ2v) is 10.9. The smallest absolute Gasteiger partial charge is 0.160 e. The SMILES string of the molecule is C[C@H](c1ncc(Cl)cn1)[C@H](C)S(=O)(=O)Cc1nnc([C@@H]2CCOC2)n1[C@H](C)c1ccon1. The summed E-state index contributed by atoms with van der Waals surface area (Å²) in [5.74, 6) is 0.834. The molecule has 1 fully saturated rings. The van der Waals surface area contributed by atoms with Gasteiger partial charge < -0.3 is 13.8 Å². The molecular formula is C20H25ClN6O4S. The minimum Gasteiger partial charge on any atom is -0.381 e. The van der Waals surface area contributed by atoms with Crippen LogP contribution in [0.25, 0.3) is 0 Å². The quantitative estimate of drug-likeness (QED) is 0.478. The van der Waals surface area contributed by atoms with E-state index in [1.807, 2.05) is 11.5 Å². The number of hydrogen-bond donors (Lipinski definition) is 0. The van der Waals surface area contributed by atoms with Crippen molar-refractivity contribution in [3.63, 3.8) is 0 Å². The van der Waals surface area contributed by atoms with Crippen molar-refractivity contribution in [1.29, 1.82) is 0 Å². The van der Waals surface area contributed by atoms with Gasteiger partial charge in [0.1, 0.15) is 35.2 Å². The molecule has 4 atom stereocenters. The van der Waals surface area contributed by atoms with Crippen molar-refractivity contribution < 1.29 is 17.7 Å². The van der Waals surface area contributed by atoms with Gasteiger partial charge in [-0.1, -0.05) is 23.7 Å². The molecule has 0 aliphatic carbocycles. The average molecular weight is 481 g/mol. The van der Waals surface area contributed by atoms with Crippen molar-refractivity contribution in [2.24, 2.45) is 0 Å². The van der Waals surface area contributed by atoms with Gasteiger partial charge in [0.05, 0.1) is 22.9 Å². The molecule has 0 spiro atoms. The van der Waals surface area contributed by atoms with E-state index in [1.165, 1.54) is 18.7 Å². The van der Waals surface area contributed by atoms with Crippen LogP contribution in [-0.2, 0) is 20.3 Å². The second-order valence-electron chi connectivity index (χ2n) is 8.07. The predicted octanol–water partition coefficient (Wildman–Crippen LogP) is 2.93. The molecule has 4 heterocycles. The average Bonchev–Trinajstić information content (AvgIpc) is 3.54. The van der Waals surface area contributed by atoms with Gasteiger partial charge in [-0.2, -0.15) is 0 Å². The molecule has 0 unspecified atom stereocenters. The van der Waals surface area contributed by atoms with Crippen LogP contribution in [0, 0.1) is 0 Å². The molecule has 3 aromatic rings. The topological polar surface area (TPSA) is 126 Å². The zero-order chi connectivity index (χ0) is 22.9. The number of sulfone groups is 1. The van der Waals surface area contributed by atoms with E-state index < -0.39 is 21.0 Å². The molecule has 0 amide bonds. The fourth-order valence-electron chi connectivity index (χ4n) is 3.83. The molecule has 0 bridgehead atoms. The molecule has 0 radical (unpaired) electrons. The number of ether oxygens (including phenoxy) is 1. The summed E-state index contributed by atoms with van der Waals surface area (Å²) in [5, 5.41) is 12.3. The Bertz CT molecular complexity index is 1140. The second kappa shape index (κ2) is 9.24. The van der Waals surface area contributed by atoms with Crippen LogP contribution in [0.15, 0.2) is 29.2 Å². The standard InChI is InChI=1S/C20H25ClN6O4S/c1-12(19-22-8-16(21)9-23-19)14(3)32(28,29)11-18-24-25-20(15-4-6-30-10-15)27(18)13(2)17-5-7-31-26-17/h5,7-9,12-15H,4,6,10-11H2,1-3H3/t12-,13+,14-,15+/m0/s1. The van der Waals surface area contributed by atoms with E-state index in [4.69, 9.17) is 20.9 Å². The van der Waals surface area contributed by atoms with Gasteiger partial charge in [-0.25, -0.2) is 18.4 Å². The molecule has 10 nitrogen and oxygen atoms in total. The Morgan fingerprint density at radius 1 is 1.22 bits per heavy atom. The van der Waals surface area contributed by atoms with E-state index in [1.54, 1.807) is 19.9 Å². The van der Waals surface area contributed by atoms with Crippen LogP contribution >= 0.6 is 11.6 Å². The summed E-state index contributed by atoms with van der Waals surface area (Å²) >= 11 is 5.86. The summed E-state index contributed by atoms with van der Waals surface area (Å²) in [6, 6.07) is 1.46. The molecule has 1 aliphatic rings. The highest BCUT2D eigenvalue weighted by molar-refractivity contribution is 7.91. The highest BCUT2D eigenvalue weighted by atomic mass is 35.5. The predicted molar refractivity (Wildman–Crippen MR) is 116 cm³/mol. The third-order valence-electron chi connectivity index (χ3n) is 6.01. The van der Waals surface area contributed by atoms with Gasteiger partial charge in [0, 0.05) is 36.9 Å². The third kappa shape index (κ3) is 4.55. The highest BCUT2D eigenvalue weighted by Gasteiger charge is 2.34. The molecular weight excluding hydrogens is 456 g/mol. The summed E-state index contributed by atoms with van der Waals surface area (Å²) in [6.45, 7) is 6.53. The molecule has 1 aliphatic heterocycles. The lowest BCUT2D eigenvalue weighted by molar-refractivity contribution is 0.192. The van der Waals surface area contributed by atoms with E-state index in [0.717, 1.165) is 6.42 Å². The van der Waals surface area contributed by atoms with Gasteiger partial charge in [0.25, 0.3) is 0 Å². The Kier molecular flexibility index (Phi) is 6.59.